The number of aromatic nitrogens is 3. The van der Waals surface area contributed by atoms with E-state index in [2.05, 4.69) is 25.7 Å². The number of imidazole rings is 1. The van der Waals surface area contributed by atoms with Crippen LogP contribution in [0.4, 0.5) is 15.0 Å². The lowest BCUT2D eigenvalue weighted by molar-refractivity contribution is -0.125. The third-order valence-electron chi connectivity index (χ3n) is 7.43. The van der Waals surface area contributed by atoms with Gasteiger partial charge in [-0.05, 0) is 69.7 Å². The highest BCUT2D eigenvalue weighted by atomic mass is 79.9. The molecule has 1 aromatic carbocycles. The number of carbonyl (C=O) groups is 2. The topological polar surface area (TPSA) is 110 Å². The number of pyridine rings is 1. The summed E-state index contributed by atoms with van der Waals surface area (Å²) in [5.41, 5.74) is 6.53. The zero-order valence-electron chi connectivity index (χ0n) is 22.5. The second-order valence-corrected chi connectivity index (χ2v) is 12.7. The summed E-state index contributed by atoms with van der Waals surface area (Å²) >= 11 is 9.63. The maximum atomic E-state index is 15.5. The van der Waals surface area contributed by atoms with Crippen molar-refractivity contribution in [2.24, 2.45) is 5.73 Å². The van der Waals surface area contributed by atoms with Crippen molar-refractivity contribution in [3.8, 4) is 0 Å². The highest BCUT2D eigenvalue weighted by Crippen LogP contribution is 2.41. The molecule has 0 unspecified atom stereocenters. The normalized spacial score (nSPS) is 20.6. The Morgan fingerprint density at radius 1 is 1.26 bits per heavy atom. The second kappa shape index (κ2) is 10.0. The van der Waals surface area contributed by atoms with Crippen LogP contribution < -0.4 is 10.6 Å². The summed E-state index contributed by atoms with van der Waals surface area (Å²) < 4.78 is 23.1. The van der Waals surface area contributed by atoms with Crippen LogP contribution >= 0.6 is 27.5 Å². The first-order chi connectivity index (χ1) is 18.3. The number of fused-ring (bicyclic) bond motifs is 3. The van der Waals surface area contributed by atoms with E-state index in [1.807, 2.05) is 18.7 Å². The molecule has 0 saturated carbocycles. The molecule has 2 aliphatic rings. The predicted molar refractivity (Wildman–Crippen MR) is 152 cm³/mol. The van der Waals surface area contributed by atoms with Crippen LogP contribution in [0.3, 0.4) is 0 Å². The lowest BCUT2D eigenvalue weighted by atomic mass is 9.96. The number of primary amides is 1. The monoisotopic (exact) mass is 623 g/mol. The number of hydrogen-bond donors (Lipinski definition) is 1. The number of ether oxygens (including phenoxy) is 1. The van der Waals surface area contributed by atoms with Gasteiger partial charge in [-0.2, -0.15) is 0 Å². The molecule has 0 bridgehead atoms. The minimum atomic E-state index is -0.866. The van der Waals surface area contributed by atoms with Crippen LogP contribution in [-0.4, -0.2) is 87.7 Å². The van der Waals surface area contributed by atoms with Gasteiger partial charge < -0.3 is 24.8 Å². The van der Waals surface area contributed by atoms with Gasteiger partial charge in [0.05, 0.1) is 21.3 Å². The maximum absolute atomic E-state index is 15.5. The Labute approximate surface area is 239 Å². The summed E-state index contributed by atoms with van der Waals surface area (Å²) in [5, 5.41) is 0.738. The number of carbonyl (C=O) groups excluding carboxylic acids is 2. The van der Waals surface area contributed by atoms with Crippen LogP contribution in [0, 0.1) is 5.82 Å². The summed E-state index contributed by atoms with van der Waals surface area (Å²) in [5.74, 6) is -0.566. The number of nitrogens with two attached hydrogens (primary N) is 1. The number of nitrogens with zero attached hydrogens (tertiary/aromatic N) is 6. The maximum Gasteiger partial charge on any atom is 0.410 e. The van der Waals surface area contributed by atoms with Crippen molar-refractivity contribution in [1.82, 2.24) is 24.3 Å². The molecule has 2 amide bonds. The summed E-state index contributed by atoms with van der Waals surface area (Å²) in [6.07, 6.45) is 1.90. The number of benzene rings is 1. The van der Waals surface area contributed by atoms with Gasteiger partial charge in [0, 0.05) is 37.1 Å². The Bertz CT molecular complexity index is 1470. The molecule has 2 N–H and O–H groups in total. The molecule has 5 rings (SSSR count). The van der Waals surface area contributed by atoms with E-state index in [1.165, 1.54) is 4.90 Å². The Balaban J connectivity index is 1.59. The zero-order chi connectivity index (χ0) is 28.4. The first-order valence-corrected chi connectivity index (χ1v) is 14.0. The van der Waals surface area contributed by atoms with E-state index in [-0.39, 0.29) is 34.0 Å². The first kappa shape index (κ1) is 27.9. The molecule has 4 heterocycles. The zero-order valence-corrected chi connectivity index (χ0v) is 24.9. The van der Waals surface area contributed by atoms with Crippen molar-refractivity contribution in [2.45, 2.75) is 57.3 Å². The molecule has 210 valence electrons. The second-order valence-electron chi connectivity index (χ2n) is 11.5. The fourth-order valence-corrected chi connectivity index (χ4v) is 5.78. The van der Waals surface area contributed by atoms with E-state index < -0.39 is 29.5 Å². The fraction of sp³-hybridized carbons (Fsp3) is 0.538. The van der Waals surface area contributed by atoms with Gasteiger partial charge >= 0.3 is 6.09 Å². The summed E-state index contributed by atoms with van der Waals surface area (Å²) in [6.45, 7) is 7.05. The average Bonchev–Trinajstić information content (AvgIpc) is 3.26. The predicted octanol–water partition coefficient (Wildman–Crippen LogP) is 4.32. The molecule has 2 saturated heterocycles. The van der Waals surface area contributed by atoms with Gasteiger partial charge in [0.1, 0.15) is 22.7 Å². The largest absolute Gasteiger partial charge is 0.444 e. The van der Waals surface area contributed by atoms with Crippen LogP contribution in [0.15, 0.2) is 16.9 Å². The Morgan fingerprint density at radius 2 is 1.95 bits per heavy atom. The molecule has 0 radical (unpaired) electrons. The summed E-state index contributed by atoms with van der Waals surface area (Å²) in [4.78, 5) is 40.4. The van der Waals surface area contributed by atoms with Crippen molar-refractivity contribution in [1.29, 1.82) is 0 Å². The highest BCUT2D eigenvalue weighted by Gasteiger charge is 2.39. The standard InChI is InChI=1S/C26H32BrClFN7O3/c1-26(2,3)39-25(38)35-7-6-13(8-17(35)23(30)37)36-12-31-21-22(36)15-9-16(28)18(27)19(29)20(15)32-24(21)34-10-14(11-34)33(4)5/h9,12-14,17H,6-8,10-11H2,1-5H3,(H2,30,37)/t13-,17-/m0/s1. The molecule has 10 nitrogen and oxygen atoms in total. The number of amides is 2. The Hall–Kier alpha value is -2.70. The van der Waals surface area contributed by atoms with Crippen LogP contribution in [0.5, 0.6) is 0 Å². The lowest BCUT2D eigenvalue weighted by Gasteiger charge is -2.43. The van der Waals surface area contributed by atoms with Crippen molar-refractivity contribution < 1.29 is 18.7 Å². The van der Waals surface area contributed by atoms with Crippen molar-refractivity contribution in [3.63, 3.8) is 0 Å². The summed E-state index contributed by atoms with van der Waals surface area (Å²) in [6, 6.07) is 0.937. The quantitative estimate of drug-likeness (QED) is 0.431. The first-order valence-electron chi connectivity index (χ1n) is 12.8. The van der Waals surface area contributed by atoms with Crippen LogP contribution in [-0.2, 0) is 9.53 Å². The third kappa shape index (κ3) is 5.02. The number of hydrogen-bond acceptors (Lipinski definition) is 7. The number of rotatable bonds is 4. The van der Waals surface area contributed by atoms with Crippen LogP contribution in [0.25, 0.3) is 21.9 Å². The number of anilines is 1. The lowest BCUT2D eigenvalue weighted by Crippen LogP contribution is -2.57. The van der Waals surface area contributed by atoms with E-state index in [9.17, 15) is 9.59 Å². The number of likely N-dealkylation sites (N-methyl/N-ethyl adjacent to an activating group) is 1. The van der Waals surface area contributed by atoms with E-state index in [0.29, 0.717) is 34.7 Å². The molecule has 0 aliphatic carbocycles. The molecule has 2 aromatic heterocycles. The minimum absolute atomic E-state index is 0.148. The molecule has 2 aliphatic heterocycles. The van der Waals surface area contributed by atoms with Gasteiger partial charge in [-0.3, -0.25) is 9.69 Å². The molecule has 0 spiro atoms. The van der Waals surface area contributed by atoms with Gasteiger partial charge in [-0.1, -0.05) is 11.6 Å². The van der Waals surface area contributed by atoms with Gasteiger partial charge in [0.15, 0.2) is 11.6 Å². The smallest absolute Gasteiger partial charge is 0.410 e. The Kier molecular flexibility index (Phi) is 7.17. The van der Waals surface area contributed by atoms with Crippen molar-refractivity contribution in [2.75, 3.05) is 38.6 Å². The Morgan fingerprint density at radius 3 is 2.56 bits per heavy atom. The van der Waals surface area contributed by atoms with Crippen molar-refractivity contribution in [3.05, 3.63) is 27.7 Å². The van der Waals surface area contributed by atoms with Crippen molar-refractivity contribution >= 4 is 67.3 Å². The number of halogens is 3. The highest BCUT2D eigenvalue weighted by molar-refractivity contribution is 9.10. The van der Waals surface area contributed by atoms with Crippen LogP contribution in [0.2, 0.25) is 5.02 Å². The van der Waals surface area contributed by atoms with Gasteiger partial charge in [-0.25, -0.2) is 19.2 Å². The molecule has 2 atom stereocenters. The van der Waals surface area contributed by atoms with E-state index in [1.54, 1.807) is 33.2 Å². The van der Waals surface area contributed by atoms with Crippen LogP contribution in [0.1, 0.15) is 39.7 Å². The molecular formula is C26H32BrClFN7O3. The summed E-state index contributed by atoms with van der Waals surface area (Å²) in [7, 11) is 4.05. The third-order valence-corrected chi connectivity index (χ3v) is 8.73. The molecule has 13 heteroatoms. The molecule has 2 fully saturated rings. The number of likely N-dealkylation sites (tertiary alicyclic amines) is 1. The number of piperidine rings is 1. The fourth-order valence-electron chi connectivity index (χ4n) is 5.29. The van der Waals surface area contributed by atoms with E-state index >= 15 is 4.39 Å². The van der Waals surface area contributed by atoms with E-state index in [4.69, 9.17) is 32.0 Å². The average molecular weight is 625 g/mol. The SMILES string of the molecule is CN(C)C1CN(c2nc3c(F)c(Br)c(Cl)cc3c3c2ncn3[C@H]2CCN(C(=O)OC(C)(C)C)[C@H](C(N)=O)C2)C1. The molecular weight excluding hydrogens is 593 g/mol. The molecule has 3 aromatic rings. The van der Waals surface area contributed by atoms with Gasteiger partial charge in [0.25, 0.3) is 0 Å². The minimum Gasteiger partial charge on any atom is -0.444 e. The molecule has 39 heavy (non-hydrogen) atoms. The van der Waals surface area contributed by atoms with E-state index in [0.717, 1.165) is 13.1 Å². The van der Waals surface area contributed by atoms with Gasteiger partial charge in [0.2, 0.25) is 5.91 Å². The van der Waals surface area contributed by atoms with Gasteiger partial charge in [-0.15, -0.1) is 0 Å².